The first-order chi connectivity index (χ1) is 7.66. The monoisotopic (exact) mass is 220 g/mol. The molecule has 1 aliphatic heterocycles. The van der Waals surface area contributed by atoms with Crippen LogP contribution < -0.4 is 0 Å². The van der Waals surface area contributed by atoms with Crippen LogP contribution in [0, 0.1) is 19.8 Å². The molecule has 1 heterocycles. The topological polar surface area (TPSA) is 29.5 Å². The van der Waals surface area contributed by atoms with Crippen LogP contribution in [-0.4, -0.2) is 24.4 Å². The van der Waals surface area contributed by atoms with Gasteiger partial charge in [0, 0.05) is 12.5 Å². The van der Waals surface area contributed by atoms with E-state index in [9.17, 15) is 5.11 Å². The van der Waals surface area contributed by atoms with E-state index in [0.717, 1.165) is 19.4 Å². The highest BCUT2D eigenvalue weighted by Crippen LogP contribution is 2.20. The highest BCUT2D eigenvalue weighted by atomic mass is 16.5. The largest absolute Gasteiger partial charge is 0.392 e. The number of aliphatic hydroxyl groups excluding tert-OH is 1. The van der Waals surface area contributed by atoms with Crippen molar-refractivity contribution >= 4 is 0 Å². The van der Waals surface area contributed by atoms with Crippen LogP contribution in [0.3, 0.4) is 0 Å². The standard InChI is InChI=1S/C14H20O2/c1-10-3-4-12(7-11(10)2)8-14(15)13-5-6-16-9-13/h3-4,7,13-15H,5-6,8-9H2,1-2H3. The van der Waals surface area contributed by atoms with Gasteiger partial charge in [0.15, 0.2) is 0 Å². The highest BCUT2D eigenvalue weighted by molar-refractivity contribution is 5.30. The molecule has 0 spiro atoms. The maximum absolute atomic E-state index is 10.1. The van der Waals surface area contributed by atoms with Crippen LogP contribution in [0.15, 0.2) is 18.2 Å². The number of hydrogen-bond acceptors (Lipinski definition) is 2. The van der Waals surface area contributed by atoms with Crippen LogP contribution in [-0.2, 0) is 11.2 Å². The predicted molar refractivity (Wildman–Crippen MR) is 64.6 cm³/mol. The summed E-state index contributed by atoms with van der Waals surface area (Å²) in [5.74, 6) is 0.321. The zero-order valence-electron chi connectivity index (χ0n) is 10.1. The molecule has 0 saturated carbocycles. The molecule has 88 valence electrons. The second-order valence-electron chi connectivity index (χ2n) is 4.81. The Morgan fingerprint density at radius 2 is 2.19 bits per heavy atom. The maximum atomic E-state index is 10.1. The minimum Gasteiger partial charge on any atom is -0.392 e. The van der Waals surface area contributed by atoms with E-state index in [2.05, 4.69) is 32.0 Å². The normalized spacial score (nSPS) is 22.3. The average molecular weight is 220 g/mol. The molecule has 2 rings (SSSR count). The van der Waals surface area contributed by atoms with Gasteiger partial charge in [-0.3, -0.25) is 0 Å². The molecule has 2 nitrogen and oxygen atoms in total. The molecule has 0 aliphatic carbocycles. The van der Waals surface area contributed by atoms with Crippen LogP contribution in [0.2, 0.25) is 0 Å². The highest BCUT2D eigenvalue weighted by Gasteiger charge is 2.23. The molecule has 16 heavy (non-hydrogen) atoms. The van der Waals surface area contributed by atoms with E-state index in [1.54, 1.807) is 0 Å². The second kappa shape index (κ2) is 4.98. The Bertz CT molecular complexity index is 354. The van der Waals surface area contributed by atoms with Gasteiger partial charge in [0.05, 0.1) is 12.7 Å². The van der Waals surface area contributed by atoms with Gasteiger partial charge < -0.3 is 9.84 Å². The second-order valence-corrected chi connectivity index (χ2v) is 4.81. The Labute approximate surface area is 97.3 Å². The van der Waals surface area contributed by atoms with Crippen molar-refractivity contribution in [1.82, 2.24) is 0 Å². The Morgan fingerprint density at radius 1 is 1.38 bits per heavy atom. The number of rotatable bonds is 3. The first-order valence-electron chi connectivity index (χ1n) is 5.99. The molecular weight excluding hydrogens is 200 g/mol. The number of benzene rings is 1. The van der Waals surface area contributed by atoms with Gasteiger partial charge in [0.2, 0.25) is 0 Å². The van der Waals surface area contributed by atoms with Crippen molar-refractivity contribution in [1.29, 1.82) is 0 Å². The molecular formula is C14H20O2. The van der Waals surface area contributed by atoms with Crippen molar-refractivity contribution in [2.45, 2.75) is 32.8 Å². The molecule has 1 aliphatic rings. The first kappa shape index (κ1) is 11.6. The Morgan fingerprint density at radius 3 is 2.81 bits per heavy atom. The van der Waals surface area contributed by atoms with Crippen molar-refractivity contribution in [3.63, 3.8) is 0 Å². The number of hydrogen-bond donors (Lipinski definition) is 1. The fraction of sp³-hybridized carbons (Fsp3) is 0.571. The van der Waals surface area contributed by atoms with E-state index in [1.165, 1.54) is 16.7 Å². The Kier molecular flexibility index (Phi) is 3.62. The molecule has 1 saturated heterocycles. The van der Waals surface area contributed by atoms with Gasteiger partial charge in [-0.2, -0.15) is 0 Å². The quantitative estimate of drug-likeness (QED) is 0.846. The maximum Gasteiger partial charge on any atom is 0.0631 e. The van der Waals surface area contributed by atoms with E-state index in [1.807, 2.05) is 0 Å². The summed E-state index contributed by atoms with van der Waals surface area (Å²) < 4.78 is 5.30. The Balaban J connectivity index is 1.99. The van der Waals surface area contributed by atoms with Gasteiger partial charge in [-0.05, 0) is 43.4 Å². The average Bonchev–Trinajstić information content (AvgIpc) is 2.77. The lowest BCUT2D eigenvalue weighted by Crippen LogP contribution is -2.23. The van der Waals surface area contributed by atoms with Crippen LogP contribution in [0.1, 0.15) is 23.1 Å². The van der Waals surface area contributed by atoms with Gasteiger partial charge in [-0.1, -0.05) is 18.2 Å². The zero-order chi connectivity index (χ0) is 11.5. The van der Waals surface area contributed by atoms with E-state index < -0.39 is 0 Å². The molecule has 1 aromatic rings. The molecule has 0 bridgehead atoms. The third-order valence-electron chi connectivity index (χ3n) is 3.53. The molecule has 2 unspecified atom stereocenters. The number of aliphatic hydroxyl groups is 1. The van der Waals surface area contributed by atoms with Crippen LogP contribution in [0.25, 0.3) is 0 Å². The molecule has 0 aromatic heterocycles. The molecule has 2 atom stereocenters. The van der Waals surface area contributed by atoms with Gasteiger partial charge >= 0.3 is 0 Å². The van der Waals surface area contributed by atoms with E-state index in [4.69, 9.17) is 4.74 Å². The van der Waals surface area contributed by atoms with Crippen molar-refractivity contribution in [2.75, 3.05) is 13.2 Å². The summed E-state index contributed by atoms with van der Waals surface area (Å²) in [6.45, 7) is 5.74. The molecule has 0 radical (unpaired) electrons. The van der Waals surface area contributed by atoms with Gasteiger partial charge in [-0.15, -0.1) is 0 Å². The zero-order valence-corrected chi connectivity index (χ0v) is 10.1. The summed E-state index contributed by atoms with van der Waals surface area (Å²) in [6, 6.07) is 6.41. The van der Waals surface area contributed by atoms with E-state index in [0.29, 0.717) is 12.5 Å². The van der Waals surface area contributed by atoms with Crippen molar-refractivity contribution < 1.29 is 9.84 Å². The molecule has 0 amide bonds. The summed E-state index contributed by atoms with van der Waals surface area (Å²) >= 11 is 0. The van der Waals surface area contributed by atoms with Crippen LogP contribution >= 0.6 is 0 Å². The lowest BCUT2D eigenvalue weighted by molar-refractivity contribution is 0.0918. The number of aryl methyl sites for hydroxylation is 2. The first-order valence-corrected chi connectivity index (χ1v) is 5.99. The fourth-order valence-electron chi connectivity index (χ4n) is 2.19. The lowest BCUT2D eigenvalue weighted by atomic mass is 9.94. The minimum absolute atomic E-state index is 0.260. The summed E-state index contributed by atoms with van der Waals surface area (Å²) in [7, 11) is 0. The van der Waals surface area contributed by atoms with Gasteiger partial charge in [0.1, 0.15) is 0 Å². The minimum atomic E-state index is -0.260. The summed E-state index contributed by atoms with van der Waals surface area (Å²) in [6.07, 6.45) is 1.48. The number of ether oxygens (including phenoxy) is 1. The van der Waals surface area contributed by atoms with Crippen molar-refractivity contribution in [3.05, 3.63) is 34.9 Å². The van der Waals surface area contributed by atoms with E-state index >= 15 is 0 Å². The molecule has 1 aromatic carbocycles. The van der Waals surface area contributed by atoms with Crippen molar-refractivity contribution in [2.24, 2.45) is 5.92 Å². The molecule has 1 N–H and O–H groups in total. The smallest absolute Gasteiger partial charge is 0.0631 e. The fourth-order valence-corrected chi connectivity index (χ4v) is 2.19. The third kappa shape index (κ3) is 2.63. The Hall–Kier alpha value is -0.860. The SMILES string of the molecule is Cc1ccc(CC(O)C2CCOC2)cc1C. The predicted octanol–water partition coefficient (Wildman–Crippen LogP) is 2.24. The van der Waals surface area contributed by atoms with Gasteiger partial charge in [-0.25, -0.2) is 0 Å². The third-order valence-corrected chi connectivity index (χ3v) is 3.53. The van der Waals surface area contributed by atoms with E-state index in [-0.39, 0.29) is 6.10 Å². The summed E-state index contributed by atoms with van der Waals surface area (Å²) in [5.41, 5.74) is 3.83. The molecule has 1 fully saturated rings. The van der Waals surface area contributed by atoms with Crippen molar-refractivity contribution in [3.8, 4) is 0 Å². The molecule has 2 heteroatoms. The lowest BCUT2D eigenvalue weighted by Gasteiger charge is -2.16. The summed E-state index contributed by atoms with van der Waals surface area (Å²) in [5, 5.41) is 10.1. The van der Waals surface area contributed by atoms with Gasteiger partial charge in [0.25, 0.3) is 0 Å². The summed E-state index contributed by atoms with van der Waals surface area (Å²) in [4.78, 5) is 0. The van der Waals surface area contributed by atoms with Crippen LogP contribution in [0.4, 0.5) is 0 Å². The van der Waals surface area contributed by atoms with Crippen LogP contribution in [0.5, 0.6) is 0 Å².